The molecule has 0 saturated carbocycles. The van der Waals surface area contributed by atoms with Crippen LogP contribution in [0.2, 0.25) is 0 Å². The van der Waals surface area contributed by atoms with Crippen LogP contribution < -0.4 is 9.62 Å². The molecule has 19 heavy (non-hydrogen) atoms. The van der Waals surface area contributed by atoms with E-state index in [4.69, 9.17) is 12.2 Å². The summed E-state index contributed by atoms with van der Waals surface area (Å²) in [4.78, 5) is 2.81. The molecular weight excluding hydrogens is 282 g/mol. The number of benzene rings is 1. The van der Waals surface area contributed by atoms with Crippen LogP contribution in [0.15, 0.2) is 12.1 Å². The van der Waals surface area contributed by atoms with Gasteiger partial charge in [0.05, 0.1) is 10.7 Å². The van der Waals surface area contributed by atoms with Crippen molar-refractivity contribution in [3.63, 3.8) is 0 Å². The summed E-state index contributed by atoms with van der Waals surface area (Å²) in [6.45, 7) is 1.88. The average molecular weight is 299 g/mol. The minimum atomic E-state index is -3.48. The Hall–Kier alpha value is -1.18. The molecule has 0 unspecified atom stereocenters. The van der Waals surface area contributed by atoms with Crippen molar-refractivity contribution < 1.29 is 8.42 Å². The molecule has 1 heterocycles. The first-order valence-corrected chi connectivity index (χ1v) is 7.67. The third-order valence-electron chi connectivity index (χ3n) is 3.22. The second-order valence-corrected chi connectivity index (χ2v) is 7.17. The lowest BCUT2D eigenvalue weighted by Gasteiger charge is -2.17. The van der Waals surface area contributed by atoms with Crippen LogP contribution in [0.25, 0.3) is 0 Å². The summed E-state index contributed by atoms with van der Waals surface area (Å²) < 4.78 is 27.4. The monoisotopic (exact) mass is 299 g/mol. The van der Waals surface area contributed by atoms with Crippen molar-refractivity contribution in [2.75, 3.05) is 30.8 Å². The third kappa shape index (κ3) is 2.58. The number of fused-ring (bicyclic) bond motifs is 1. The molecule has 0 saturated heterocycles. The summed E-state index contributed by atoms with van der Waals surface area (Å²) in [6.07, 6.45) is 0.679. The van der Waals surface area contributed by atoms with Gasteiger partial charge in [-0.05, 0) is 30.2 Å². The van der Waals surface area contributed by atoms with Gasteiger partial charge in [0.1, 0.15) is 0 Å². The van der Waals surface area contributed by atoms with Gasteiger partial charge in [-0.2, -0.15) is 12.7 Å². The van der Waals surface area contributed by atoms with Crippen LogP contribution >= 0.6 is 12.2 Å². The minimum Gasteiger partial charge on any atom is -0.339 e. The van der Waals surface area contributed by atoms with Crippen molar-refractivity contribution in [3.8, 4) is 0 Å². The highest BCUT2D eigenvalue weighted by atomic mass is 32.2. The quantitative estimate of drug-likeness (QED) is 0.860. The van der Waals surface area contributed by atoms with E-state index in [0.29, 0.717) is 12.1 Å². The number of hydrogen-bond acceptors (Lipinski definition) is 3. The molecule has 5 nitrogen and oxygen atoms in total. The first-order chi connectivity index (χ1) is 8.72. The number of likely N-dealkylation sites (N-methyl/N-ethyl adjacent to an activating group) is 1. The van der Waals surface area contributed by atoms with Crippen LogP contribution in [0, 0.1) is 6.92 Å². The average Bonchev–Trinajstić information content (AvgIpc) is 2.56. The molecule has 1 aliphatic rings. The number of hydrogen-bond donors (Lipinski definition) is 1. The van der Waals surface area contributed by atoms with Crippen molar-refractivity contribution in [2.45, 2.75) is 13.3 Å². The van der Waals surface area contributed by atoms with Crippen molar-refractivity contribution in [2.24, 2.45) is 0 Å². The standard InChI is InChI=1S/C12H17N3O2S2/c1-8-5-11-9(7-12(18)15(11)4)6-10(8)13-19(16,17)14(2)3/h5-6,13H,7H2,1-4H3. The second-order valence-electron chi connectivity index (χ2n) is 4.81. The molecule has 1 aromatic rings. The predicted molar refractivity (Wildman–Crippen MR) is 82.1 cm³/mol. The molecule has 1 aromatic carbocycles. The Morgan fingerprint density at radius 3 is 2.58 bits per heavy atom. The minimum absolute atomic E-state index is 0.602. The first kappa shape index (κ1) is 14.2. The number of rotatable bonds is 3. The van der Waals surface area contributed by atoms with Crippen LogP contribution in [0.1, 0.15) is 11.1 Å². The topological polar surface area (TPSA) is 52.7 Å². The summed E-state index contributed by atoms with van der Waals surface area (Å²) in [5.74, 6) is 0. The molecule has 0 bridgehead atoms. The number of anilines is 2. The molecule has 7 heteroatoms. The summed E-state index contributed by atoms with van der Waals surface area (Å²) in [5, 5.41) is 0. The Morgan fingerprint density at radius 1 is 1.37 bits per heavy atom. The van der Waals surface area contributed by atoms with Gasteiger partial charge in [0.15, 0.2) is 0 Å². The molecule has 0 amide bonds. The third-order valence-corrected chi connectivity index (χ3v) is 5.08. The molecular formula is C12H17N3O2S2. The Balaban J connectivity index is 2.41. The lowest BCUT2D eigenvalue weighted by molar-refractivity contribution is 0.527. The van der Waals surface area contributed by atoms with E-state index in [2.05, 4.69) is 4.72 Å². The lowest BCUT2D eigenvalue weighted by Crippen LogP contribution is -2.29. The van der Waals surface area contributed by atoms with Crippen LogP contribution in [0.4, 0.5) is 11.4 Å². The maximum absolute atomic E-state index is 11.9. The molecule has 0 fully saturated rings. The maximum Gasteiger partial charge on any atom is 0.301 e. The summed E-state index contributed by atoms with van der Waals surface area (Å²) in [7, 11) is 1.43. The van der Waals surface area contributed by atoms with Crippen LogP contribution in [0.3, 0.4) is 0 Å². The summed E-state index contributed by atoms with van der Waals surface area (Å²) in [5.41, 5.74) is 3.58. The molecule has 1 N–H and O–H groups in total. The van der Waals surface area contributed by atoms with E-state index in [-0.39, 0.29) is 0 Å². The molecule has 1 aliphatic heterocycles. The highest BCUT2D eigenvalue weighted by Gasteiger charge is 2.23. The van der Waals surface area contributed by atoms with Crippen LogP contribution in [-0.2, 0) is 16.6 Å². The van der Waals surface area contributed by atoms with Gasteiger partial charge in [0.2, 0.25) is 0 Å². The van der Waals surface area contributed by atoms with Crippen LogP contribution in [0.5, 0.6) is 0 Å². The number of aryl methyl sites for hydroxylation is 1. The second kappa shape index (κ2) is 4.73. The van der Waals surface area contributed by atoms with E-state index in [0.717, 1.165) is 26.1 Å². The van der Waals surface area contributed by atoms with Crippen molar-refractivity contribution >= 4 is 38.8 Å². The summed E-state index contributed by atoms with van der Waals surface area (Å²) >= 11 is 5.26. The maximum atomic E-state index is 11.9. The van der Waals surface area contributed by atoms with E-state index in [1.807, 2.05) is 31.0 Å². The zero-order chi connectivity index (χ0) is 14.4. The summed E-state index contributed by atoms with van der Waals surface area (Å²) in [6, 6.07) is 3.82. The van der Waals surface area contributed by atoms with Gasteiger partial charge in [-0.3, -0.25) is 4.72 Å². The number of thiocarbonyl (C=S) groups is 1. The fourth-order valence-electron chi connectivity index (χ4n) is 1.95. The van der Waals surface area contributed by atoms with Crippen molar-refractivity contribution in [3.05, 3.63) is 23.3 Å². The van der Waals surface area contributed by atoms with E-state index in [1.54, 1.807) is 0 Å². The van der Waals surface area contributed by atoms with Crippen molar-refractivity contribution in [1.82, 2.24) is 4.31 Å². The van der Waals surface area contributed by atoms with Crippen LogP contribution in [-0.4, -0.2) is 38.9 Å². The van der Waals surface area contributed by atoms with Gasteiger partial charge < -0.3 is 4.90 Å². The van der Waals surface area contributed by atoms with E-state index in [1.165, 1.54) is 14.1 Å². The fourth-order valence-corrected chi connectivity index (χ4v) is 2.88. The Labute approximate surface area is 119 Å². The van der Waals surface area contributed by atoms with Gasteiger partial charge in [0, 0.05) is 33.3 Å². The SMILES string of the molecule is Cc1cc2c(cc1NS(=O)(=O)N(C)C)CC(=S)N2C. The molecule has 2 rings (SSSR count). The Kier molecular flexibility index (Phi) is 3.55. The molecule has 0 radical (unpaired) electrons. The fraction of sp³-hybridized carbons (Fsp3) is 0.417. The number of nitrogens with zero attached hydrogens (tertiary/aromatic N) is 2. The van der Waals surface area contributed by atoms with E-state index < -0.39 is 10.2 Å². The van der Waals surface area contributed by atoms with Crippen molar-refractivity contribution in [1.29, 1.82) is 0 Å². The van der Waals surface area contributed by atoms with E-state index >= 15 is 0 Å². The predicted octanol–water partition coefficient (Wildman–Crippen LogP) is 1.53. The highest BCUT2D eigenvalue weighted by Crippen LogP contribution is 2.33. The first-order valence-electron chi connectivity index (χ1n) is 5.82. The lowest BCUT2D eigenvalue weighted by atomic mass is 10.1. The highest BCUT2D eigenvalue weighted by molar-refractivity contribution is 7.90. The zero-order valence-electron chi connectivity index (χ0n) is 11.4. The molecule has 0 aromatic heterocycles. The zero-order valence-corrected chi connectivity index (χ0v) is 13.0. The Morgan fingerprint density at radius 2 is 2.00 bits per heavy atom. The van der Waals surface area contributed by atoms with Gasteiger partial charge in [-0.1, -0.05) is 12.2 Å². The molecule has 0 atom stereocenters. The normalized spacial score (nSPS) is 15.0. The van der Waals surface area contributed by atoms with E-state index in [9.17, 15) is 8.42 Å². The smallest absolute Gasteiger partial charge is 0.301 e. The molecule has 0 spiro atoms. The molecule has 0 aliphatic carbocycles. The van der Waals surface area contributed by atoms with Gasteiger partial charge >= 0.3 is 10.2 Å². The van der Waals surface area contributed by atoms with Gasteiger partial charge in [0.25, 0.3) is 0 Å². The molecule has 104 valence electrons. The Bertz CT molecular complexity index is 639. The largest absolute Gasteiger partial charge is 0.339 e. The van der Waals surface area contributed by atoms with Gasteiger partial charge in [-0.15, -0.1) is 0 Å². The number of nitrogens with one attached hydrogen (secondary N) is 1. The van der Waals surface area contributed by atoms with Gasteiger partial charge in [-0.25, -0.2) is 0 Å².